The molecule has 1 fully saturated rings. The second-order valence-electron chi connectivity index (χ2n) is 5.42. The van der Waals surface area contributed by atoms with Gasteiger partial charge in [0.15, 0.2) is 0 Å². The third-order valence-electron chi connectivity index (χ3n) is 3.83. The van der Waals surface area contributed by atoms with Crippen LogP contribution in [0.1, 0.15) is 31.7 Å². The molecular weight excluding hydrogens is 298 g/mol. The van der Waals surface area contributed by atoms with Crippen molar-refractivity contribution in [2.45, 2.75) is 44.7 Å². The molecule has 1 aromatic rings. The van der Waals surface area contributed by atoms with Gasteiger partial charge in [0.05, 0.1) is 6.42 Å². The summed E-state index contributed by atoms with van der Waals surface area (Å²) in [4.78, 5) is 14.1. The van der Waals surface area contributed by atoms with E-state index in [1.54, 1.807) is 4.90 Å². The van der Waals surface area contributed by atoms with Crippen molar-refractivity contribution < 1.29 is 13.6 Å². The third kappa shape index (κ3) is 4.38. The molecule has 1 heterocycles. The number of amides is 1. The molecule has 2 N–H and O–H groups in total. The number of rotatable bonds is 3. The number of nitrogens with two attached hydrogens (primary N) is 1. The van der Waals surface area contributed by atoms with Gasteiger partial charge in [0.25, 0.3) is 0 Å². The zero-order chi connectivity index (χ0) is 14.7. The highest BCUT2D eigenvalue weighted by molar-refractivity contribution is 5.85. The number of hydrogen-bond donors (Lipinski definition) is 1. The molecule has 1 aliphatic heterocycles. The predicted molar refractivity (Wildman–Crippen MR) is 80.3 cm³/mol. The average molecular weight is 319 g/mol. The van der Waals surface area contributed by atoms with E-state index in [0.717, 1.165) is 25.3 Å². The first-order valence-electron chi connectivity index (χ1n) is 6.98. The Hall–Kier alpha value is -1.20. The van der Waals surface area contributed by atoms with E-state index in [0.29, 0.717) is 6.54 Å². The zero-order valence-electron chi connectivity index (χ0n) is 12.0. The summed E-state index contributed by atoms with van der Waals surface area (Å²) < 4.78 is 26.5. The van der Waals surface area contributed by atoms with Crippen molar-refractivity contribution in [1.82, 2.24) is 4.90 Å². The number of likely N-dealkylation sites (tertiary alicyclic amines) is 1. The molecule has 21 heavy (non-hydrogen) atoms. The van der Waals surface area contributed by atoms with Crippen LogP contribution < -0.4 is 5.73 Å². The van der Waals surface area contributed by atoms with Crippen molar-refractivity contribution in [1.29, 1.82) is 0 Å². The van der Waals surface area contributed by atoms with Crippen LogP contribution >= 0.6 is 12.4 Å². The summed E-state index contributed by atoms with van der Waals surface area (Å²) >= 11 is 0. The van der Waals surface area contributed by atoms with Crippen molar-refractivity contribution in [3.05, 3.63) is 35.4 Å². The molecule has 2 rings (SSSR count). The molecule has 1 amide bonds. The van der Waals surface area contributed by atoms with E-state index in [1.807, 2.05) is 6.92 Å². The van der Waals surface area contributed by atoms with Crippen molar-refractivity contribution in [2.24, 2.45) is 5.73 Å². The van der Waals surface area contributed by atoms with Gasteiger partial charge in [0.2, 0.25) is 5.91 Å². The Labute approximate surface area is 129 Å². The molecular formula is C15H21ClF2N2O. The van der Waals surface area contributed by atoms with E-state index in [1.165, 1.54) is 12.1 Å². The summed E-state index contributed by atoms with van der Waals surface area (Å²) in [6, 6.07) is 3.22. The van der Waals surface area contributed by atoms with Crippen molar-refractivity contribution in [2.75, 3.05) is 6.54 Å². The lowest BCUT2D eigenvalue weighted by Crippen LogP contribution is -2.52. The molecule has 2 unspecified atom stereocenters. The normalized spacial score (nSPS) is 19.8. The second-order valence-corrected chi connectivity index (χ2v) is 5.42. The van der Waals surface area contributed by atoms with Crippen LogP contribution in [0.5, 0.6) is 0 Å². The first-order chi connectivity index (χ1) is 9.49. The number of halogens is 3. The second kappa shape index (κ2) is 7.71. The summed E-state index contributed by atoms with van der Waals surface area (Å²) in [6.07, 6.45) is 2.84. The minimum atomic E-state index is -0.673. The van der Waals surface area contributed by atoms with Crippen molar-refractivity contribution >= 4 is 18.3 Å². The lowest BCUT2D eigenvalue weighted by Gasteiger charge is -2.38. The summed E-state index contributed by atoms with van der Waals surface area (Å²) in [5.74, 6) is -1.45. The van der Waals surface area contributed by atoms with Crippen LogP contribution in [0.25, 0.3) is 0 Å². The molecule has 1 saturated heterocycles. The summed E-state index contributed by atoms with van der Waals surface area (Å²) in [5, 5.41) is 0. The van der Waals surface area contributed by atoms with Gasteiger partial charge in [-0.05, 0) is 37.8 Å². The van der Waals surface area contributed by atoms with Gasteiger partial charge in [-0.2, -0.15) is 0 Å². The fourth-order valence-corrected chi connectivity index (χ4v) is 2.74. The quantitative estimate of drug-likeness (QED) is 0.931. The minimum Gasteiger partial charge on any atom is -0.338 e. The maximum Gasteiger partial charge on any atom is 0.227 e. The lowest BCUT2D eigenvalue weighted by molar-refractivity contribution is -0.134. The molecule has 0 saturated carbocycles. The van der Waals surface area contributed by atoms with E-state index in [-0.39, 0.29) is 42.4 Å². The molecule has 1 aromatic carbocycles. The number of nitrogens with zero attached hydrogens (tertiary/aromatic N) is 1. The number of piperidine rings is 1. The number of benzene rings is 1. The predicted octanol–water partition coefficient (Wildman–Crippen LogP) is 2.66. The molecule has 0 aromatic heterocycles. The van der Waals surface area contributed by atoms with Crippen LogP contribution in [-0.2, 0) is 11.2 Å². The average Bonchev–Trinajstić information content (AvgIpc) is 2.41. The Kier molecular flexibility index (Phi) is 6.55. The number of hydrogen-bond acceptors (Lipinski definition) is 2. The van der Waals surface area contributed by atoms with Crippen LogP contribution in [0.3, 0.4) is 0 Å². The third-order valence-corrected chi connectivity index (χ3v) is 3.83. The molecule has 118 valence electrons. The highest BCUT2D eigenvalue weighted by Crippen LogP contribution is 2.21. The smallest absolute Gasteiger partial charge is 0.227 e. The molecule has 0 aliphatic carbocycles. The Balaban J connectivity index is 0.00000220. The molecule has 0 spiro atoms. The first kappa shape index (κ1) is 17.9. The summed E-state index contributed by atoms with van der Waals surface area (Å²) in [7, 11) is 0. The van der Waals surface area contributed by atoms with Gasteiger partial charge < -0.3 is 10.6 Å². The van der Waals surface area contributed by atoms with Gasteiger partial charge in [-0.1, -0.05) is 6.07 Å². The van der Waals surface area contributed by atoms with Gasteiger partial charge in [0.1, 0.15) is 11.6 Å². The molecule has 1 aliphatic rings. The molecule has 0 bridgehead atoms. The van der Waals surface area contributed by atoms with Crippen molar-refractivity contribution in [3.8, 4) is 0 Å². The topological polar surface area (TPSA) is 46.3 Å². The zero-order valence-corrected chi connectivity index (χ0v) is 12.8. The first-order valence-corrected chi connectivity index (χ1v) is 6.98. The van der Waals surface area contributed by atoms with Gasteiger partial charge in [0, 0.05) is 24.7 Å². The van der Waals surface area contributed by atoms with E-state index < -0.39 is 11.6 Å². The van der Waals surface area contributed by atoms with E-state index in [2.05, 4.69) is 0 Å². The maximum atomic E-state index is 13.6. The fraction of sp³-hybridized carbons (Fsp3) is 0.533. The van der Waals surface area contributed by atoms with Gasteiger partial charge in [-0.3, -0.25) is 4.79 Å². The minimum absolute atomic E-state index is 0. The van der Waals surface area contributed by atoms with Crippen LogP contribution in [0.15, 0.2) is 18.2 Å². The summed E-state index contributed by atoms with van der Waals surface area (Å²) in [5.41, 5.74) is 6.15. The van der Waals surface area contributed by atoms with Crippen LogP contribution in [0, 0.1) is 11.6 Å². The Morgan fingerprint density at radius 2 is 2.14 bits per heavy atom. The van der Waals surface area contributed by atoms with Crippen LogP contribution in [0.4, 0.5) is 8.78 Å². The highest BCUT2D eigenvalue weighted by Gasteiger charge is 2.29. The van der Waals surface area contributed by atoms with Gasteiger partial charge in [-0.15, -0.1) is 12.4 Å². The standard InChI is InChI=1S/C15H20F2N2O.ClH/c1-10(18)14-4-2-3-7-19(14)15(20)8-11-5-6-12(16)9-13(11)17;/h5-6,9-10,14H,2-4,7-8,18H2,1H3;1H. The van der Waals surface area contributed by atoms with E-state index in [4.69, 9.17) is 5.73 Å². The molecule has 0 radical (unpaired) electrons. The van der Waals surface area contributed by atoms with Crippen LogP contribution in [0.2, 0.25) is 0 Å². The van der Waals surface area contributed by atoms with Crippen molar-refractivity contribution in [3.63, 3.8) is 0 Å². The van der Waals surface area contributed by atoms with E-state index in [9.17, 15) is 13.6 Å². The monoisotopic (exact) mass is 318 g/mol. The Morgan fingerprint density at radius 3 is 2.76 bits per heavy atom. The Morgan fingerprint density at radius 1 is 1.43 bits per heavy atom. The maximum absolute atomic E-state index is 13.6. The SMILES string of the molecule is CC(N)C1CCCCN1C(=O)Cc1ccc(F)cc1F.Cl. The lowest BCUT2D eigenvalue weighted by atomic mass is 9.96. The molecule has 3 nitrogen and oxygen atoms in total. The van der Waals surface area contributed by atoms with Crippen LogP contribution in [-0.4, -0.2) is 29.4 Å². The Bertz CT molecular complexity index is 497. The van der Waals surface area contributed by atoms with Gasteiger partial charge >= 0.3 is 0 Å². The number of carbonyl (C=O) groups excluding carboxylic acids is 1. The van der Waals surface area contributed by atoms with Gasteiger partial charge in [-0.25, -0.2) is 8.78 Å². The van der Waals surface area contributed by atoms with E-state index >= 15 is 0 Å². The number of carbonyl (C=O) groups is 1. The highest BCUT2D eigenvalue weighted by atomic mass is 35.5. The molecule has 6 heteroatoms. The molecule has 2 atom stereocenters. The largest absolute Gasteiger partial charge is 0.338 e. The fourth-order valence-electron chi connectivity index (χ4n) is 2.74. The summed E-state index contributed by atoms with van der Waals surface area (Å²) in [6.45, 7) is 2.54.